The Bertz CT molecular complexity index is 946. The van der Waals surface area contributed by atoms with Gasteiger partial charge in [-0.2, -0.15) is 0 Å². The lowest BCUT2D eigenvalue weighted by molar-refractivity contribution is -0.286. The molecule has 6 atom stereocenters. The van der Waals surface area contributed by atoms with Crippen LogP contribution in [-0.4, -0.2) is 68.4 Å². The minimum atomic E-state index is -1.65. The van der Waals surface area contributed by atoms with E-state index in [0.717, 1.165) is 24.2 Å². The van der Waals surface area contributed by atoms with E-state index in [1.165, 1.54) is 19.1 Å². The van der Waals surface area contributed by atoms with Gasteiger partial charge in [0, 0.05) is 12.0 Å². The van der Waals surface area contributed by atoms with E-state index in [0.29, 0.717) is 0 Å². The Morgan fingerprint density at radius 1 is 1.00 bits per heavy atom. The van der Waals surface area contributed by atoms with Gasteiger partial charge < -0.3 is 39.7 Å². The zero-order chi connectivity index (χ0) is 23.7. The van der Waals surface area contributed by atoms with Crippen molar-refractivity contribution in [2.75, 3.05) is 0 Å². The van der Waals surface area contributed by atoms with E-state index in [4.69, 9.17) is 14.2 Å². The zero-order valence-electron chi connectivity index (χ0n) is 18.2. The molecule has 1 aliphatic carbocycles. The molecule has 1 aliphatic heterocycles. The van der Waals surface area contributed by atoms with Crippen molar-refractivity contribution in [3.8, 4) is 11.5 Å². The summed E-state index contributed by atoms with van der Waals surface area (Å²) in [6.07, 6.45) is -6.19. The van der Waals surface area contributed by atoms with Gasteiger partial charge in [-0.15, -0.1) is 0 Å². The Kier molecular flexibility index (Phi) is 7.18. The van der Waals surface area contributed by atoms with E-state index < -0.39 is 49.2 Å². The molecule has 1 heterocycles. The third-order valence-corrected chi connectivity index (χ3v) is 5.85. The molecule has 9 heteroatoms. The Balaban J connectivity index is 1.58. The predicted octanol–water partition coefficient (Wildman–Crippen LogP) is 1.02. The molecule has 0 spiro atoms. The summed E-state index contributed by atoms with van der Waals surface area (Å²) in [5.74, 6) is 0.131. The minimum absolute atomic E-state index is 0.00865. The van der Waals surface area contributed by atoms with Gasteiger partial charge in [-0.3, -0.25) is 0 Å². The average molecular weight is 464 g/mol. The fourth-order valence-electron chi connectivity index (χ4n) is 3.80. The van der Waals surface area contributed by atoms with Crippen molar-refractivity contribution in [1.29, 1.82) is 0 Å². The number of halogens is 1. The van der Waals surface area contributed by atoms with E-state index in [1.54, 1.807) is 0 Å². The number of hydrogen-bond acceptors (Lipinski definition) is 8. The van der Waals surface area contributed by atoms with Crippen LogP contribution in [0.2, 0.25) is 0 Å². The van der Waals surface area contributed by atoms with Gasteiger partial charge >= 0.3 is 0 Å². The number of aliphatic hydroxyl groups excluding tert-OH is 5. The second-order valence-electron chi connectivity index (χ2n) is 8.65. The zero-order valence-corrected chi connectivity index (χ0v) is 18.2. The van der Waals surface area contributed by atoms with Crippen LogP contribution in [0.4, 0.5) is 4.39 Å². The van der Waals surface area contributed by atoms with E-state index in [2.05, 4.69) is 0 Å². The molecule has 33 heavy (non-hydrogen) atoms. The minimum Gasteiger partial charge on any atom is -0.490 e. The first-order valence-electron chi connectivity index (χ1n) is 11.0. The summed E-state index contributed by atoms with van der Waals surface area (Å²) in [5.41, 5.74) is 1.19. The molecule has 0 bridgehead atoms. The van der Waals surface area contributed by atoms with Gasteiger partial charge in [0.1, 0.15) is 41.7 Å². The van der Waals surface area contributed by atoms with E-state index >= 15 is 0 Å². The van der Waals surface area contributed by atoms with Crippen LogP contribution < -0.4 is 9.47 Å². The maximum absolute atomic E-state index is 15.0. The van der Waals surface area contributed by atoms with Crippen LogP contribution in [0.25, 0.3) is 0 Å². The first-order valence-corrected chi connectivity index (χ1v) is 11.0. The molecule has 0 radical (unpaired) electrons. The van der Waals surface area contributed by atoms with Gasteiger partial charge in [0.05, 0.1) is 18.8 Å². The fraction of sp³-hybridized carbons (Fsp3) is 0.500. The van der Waals surface area contributed by atoms with E-state index in [1.807, 2.05) is 24.3 Å². The summed E-state index contributed by atoms with van der Waals surface area (Å²) in [5, 5.41) is 49.9. The third-order valence-electron chi connectivity index (χ3n) is 5.85. The number of benzene rings is 2. The van der Waals surface area contributed by atoms with Crippen molar-refractivity contribution < 1.29 is 44.1 Å². The van der Waals surface area contributed by atoms with E-state index in [-0.39, 0.29) is 29.4 Å². The van der Waals surface area contributed by atoms with Gasteiger partial charge in [0.2, 0.25) is 6.29 Å². The number of ether oxygens (including phenoxy) is 3. The van der Waals surface area contributed by atoms with E-state index in [9.17, 15) is 29.9 Å². The molecule has 1 saturated heterocycles. The molecule has 180 valence electrons. The van der Waals surface area contributed by atoms with Gasteiger partial charge in [0.15, 0.2) is 0 Å². The van der Waals surface area contributed by atoms with Crippen molar-refractivity contribution in [1.82, 2.24) is 0 Å². The molecule has 2 fully saturated rings. The van der Waals surface area contributed by atoms with Crippen molar-refractivity contribution in [2.45, 2.75) is 75.7 Å². The van der Waals surface area contributed by atoms with Crippen molar-refractivity contribution in [3.63, 3.8) is 0 Å². The van der Waals surface area contributed by atoms with Crippen LogP contribution in [0, 0.1) is 5.82 Å². The third kappa shape index (κ3) is 5.46. The Morgan fingerprint density at radius 2 is 1.70 bits per heavy atom. The number of aliphatic hydroxyl groups is 5. The number of hydrogen-bond donors (Lipinski definition) is 5. The lowest BCUT2D eigenvalue weighted by Crippen LogP contribution is -2.61. The maximum atomic E-state index is 15.0. The number of rotatable bonds is 8. The summed E-state index contributed by atoms with van der Waals surface area (Å²) in [6.45, 7) is 0.927. The molecule has 0 unspecified atom stereocenters. The average Bonchev–Trinajstić information content (AvgIpc) is 3.61. The quantitative estimate of drug-likeness (QED) is 0.392. The topological polar surface area (TPSA) is 129 Å². The second-order valence-corrected chi connectivity index (χ2v) is 8.65. The van der Waals surface area contributed by atoms with Gasteiger partial charge in [0.25, 0.3) is 0 Å². The molecular formula is C24H29FO8. The summed E-state index contributed by atoms with van der Waals surface area (Å²) < 4.78 is 32.0. The van der Waals surface area contributed by atoms with Crippen molar-refractivity contribution >= 4 is 0 Å². The lowest BCUT2D eigenvalue weighted by Gasteiger charge is -2.41. The lowest BCUT2D eigenvalue weighted by atomic mass is 9.96. The smallest absolute Gasteiger partial charge is 0.229 e. The molecule has 2 aliphatic rings. The molecule has 2 aromatic rings. The van der Waals surface area contributed by atoms with Crippen LogP contribution in [0.5, 0.6) is 11.5 Å². The largest absolute Gasteiger partial charge is 0.490 e. The first-order chi connectivity index (χ1) is 15.8. The van der Waals surface area contributed by atoms with Crippen LogP contribution in [0.1, 0.15) is 36.5 Å². The molecule has 2 aromatic carbocycles. The molecule has 0 aromatic heterocycles. The predicted molar refractivity (Wildman–Crippen MR) is 114 cm³/mol. The molecule has 1 saturated carbocycles. The van der Waals surface area contributed by atoms with Crippen LogP contribution in [0.3, 0.4) is 0 Å². The summed E-state index contributed by atoms with van der Waals surface area (Å²) in [7, 11) is 0. The highest BCUT2D eigenvalue weighted by atomic mass is 19.1. The summed E-state index contributed by atoms with van der Waals surface area (Å²) in [6, 6.07) is 9.88. The molecular weight excluding hydrogens is 435 g/mol. The Hall–Kier alpha value is -2.27. The highest BCUT2D eigenvalue weighted by Gasteiger charge is 2.46. The summed E-state index contributed by atoms with van der Waals surface area (Å²) in [4.78, 5) is 0. The van der Waals surface area contributed by atoms with Crippen molar-refractivity contribution in [2.24, 2.45) is 0 Å². The van der Waals surface area contributed by atoms with Gasteiger partial charge in [-0.25, -0.2) is 4.39 Å². The fourth-order valence-corrected chi connectivity index (χ4v) is 3.80. The monoisotopic (exact) mass is 464 g/mol. The molecule has 0 amide bonds. The Morgan fingerprint density at radius 3 is 2.30 bits per heavy atom. The first kappa shape index (κ1) is 23.9. The highest BCUT2D eigenvalue weighted by molar-refractivity contribution is 5.43. The SMILES string of the molecule is C[C@@H](O)[C@H]1O[C@@H](Oc2cc(CO)cc(F)c2Cc2ccc(OC3CC3)cc2)[C@H](O)[C@@H](O)[C@@H]1O. The van der Waals surface area contributed by atoms with Crippen LogP contribution in [0.15, 0.2) is 36.4 Å². The second kappa shape index (κ2) is 9.92. The van der Waals surface area contributed by atoms with Crippen molar-refractivity contribution in [3.05, 3.63) is 58.9 Å². The maximum Gasteiger partial charge on any atom is 0.229 e. The van der Waals surface area contributed by atoms with Crippen LogP contribution in [-0.2, 0) is 17.8 Å². The van der Waals surface area contributed by atoms with Gasteiger partial charge in [-0.05, 0) is 55.2 Å². The van der Waals surface area contributed by atoms with Crippen LogP contribution >= 0.6 is 0 Å². The standard InChI is InChI=1S/C24H29FO8/c1-12(27)23-21(29)20(28)22(30)24(33-23)32-19-10-14(11-26)9-18(25)17(19)8-13-2-4-15(5-3-13)31-16-6-7-16/h2-5,9-10,12,16,20-24,26-30H,6-8,11H2,1H3/t12-,20+,21+,22-,23-,24-/m1/s1. The normalized spacial score (nSPS) is 28.4. The molecule has 4 rings (SSSR count). The molecule has 5 N–H and O–H groups in total. The summed E-state index contributed by atoms with van der Waals surface area (Å²) >= 11 is 0. The molecule has 8 nitrogen and oxygen atoms in total. The Labute approximate surface area is 190 Å². The highest BCUT2D eigenvalue weighted by Crippen LogP contribution is 2.32. The van der Waals surface area contributed by atoms with Gasteiger partial charge in [-0.1, -0.05) is 12.1 Å².